The van der Waals surface area contributed by atoms with Crippen LogP contribution in [0.4, 0.5) is 4.39 Å². The summed E-state index contributed by atoms with van der Waals surface area (Å²) in [6.07, 6.45) is 1.82. The highest BCUT2D eigenvalue weighted by Gasteiger charge is 2.10. The van der Waals surface area contributed by atoms with Crippen molar-refractivity contribution in [2.45, 2.75) is 19.8 Å². The van der Waals surface area contributed by atoms with E-state index >= 15 is 0 Å². The van der Waals surface area contributed by atoms with Gasteiger partial charge in [-0.05, 0) is 36.2 Å². The van der Waals surface area contributed by atoms with Gasteiger partial charge < -0.3 is 5.11 Å². The molecule has 0 aliphatic heterocycles. The van der Waals surface area contributed by atoms with E-state index in [9.17, 15) is 9.18 Å². The van der Waals surface area contributed by atoms with Crippen LogP contribution >= 0.6 is 0 Å². The summed E-state index contributed by atoms with van der Waals surface area (Å²) < 4.78 is 13.8. The molecule has 0 unspecified atom stereocenters. The lowest BCUT2D eigenvalue weighted by Crippen LogP contribution is -2.01. The molecule has 1 aromatic heterocycles. The van der Waals surface area contributed by atoms with Gasteiger partial charge in [0.15, 0.2) is 0 Å². The molecule has 0 saturated heterocycles. The molecule has 1 N–H and O–H groups in total. The first-order valence-corrected chi connectivity index (χ1v) is 6.11. The topological polar surface area (TPSA) is 50.2 Å². The molecule has 3 nitrogen and oxygen atoms in total. The normalized spacial score (nSPS) is 10.4. The van der Waals surface area contributed by atoms with Gasteiger partial charge in [-0.1, -0.05) is 25.5 Å². The van der Waals surface area contributed by atoms with Crippen LogP contribution in [0, 0.1) is 5.82 Å². The number of carbonyl (C=O) groups is 1. The maximum atomic E-state index is 13.8. The quantitative estimate of drug-likeness (QED) is 0.913. The largest absolute Gasteiger partial charge is 0.477 e. The first-order valence-electron chi connectivity index (χ1n) is 6.11. The van der Waals surface area contributed by atoms with Crippen molar-refractivity contribution in [1.82, 2.24) is 4.98 Å². The second-order valence-electron chi connectivity index (χ2n) is 4.28. The predicted octanol–water partition coefficient (Wildman–Crippen LogP) is 3.54. The van der Waals surface area contributed by atoms with Crippen LogP contribution in [0.5, 0.6) is 0 Å². The minimum absolute atomic E-state index is 0.0854. The molecule has 0 amide bonds. The van der Waals surface area contributed by atoms with E-state index in [1.807, 2.05) is 6.92 Å². The summed E-state index contributed by atoms with van der Waals surface area (Å²) in [4.78, 5) is 14.8. The Labute approximate surface area is 110 Å². The molecular formula is C15H14FNO2. The number of pyridine rings is 1. The Bertz CT molecular complexity index is 611. The SMILES string of the molecule is CCCc1ccc(F)c(-c2cccc(C(=O)O)n2)c1. The number of carboxylic acid groups (broad SMARTS) is 1. The summed E-state index contributed by atoms with van der Waals surface area (Å²) in [5, 5.41) is 8.91. The first kappa shape index (κ1) is 13.2. The average molecular weight is 259 g/mol. The predicted molar refractivity (Wildman–Crippen MR) is 70.6 cm³/mol. The summed E-state index contributed by atoms with van der Waals surface area (Å²) in [5.74, 6) is -1.51. The lowest BCUT2D eigenvalue weighted by molar-refractivity contribution is 0.0690. The third kappa shape index (κ3) is 2.96. The van der Waals surface area contributed by atoms with E-state index in [0.29, 0.717) is 11.3 Å². The smallest absolute Gasteiger partial charge is 0.354 e. The number of rotatable bonds is 4. The third-order valence-corrected chi connectivity index (χ3v) is 2.81. The lowest BCUT2D eigenvalue weighted by atomic mass is 10.0. The summed E-state index contributed by atoms with van der Waals surface area (Å²) in [6.45, 7) is 2.05. The Hall–Kier alpha value is -2.23. The molecule has 1 aromatic carbocycles. The number of aromatic nitrogens is 1. The molecule has 0 aliphatic carbocycles. The molecule has 0 atom stereocenters. The van der Waals surface area contributed by atoms with Crippen molar-refractivity contribution in [2.75, 3.05) is 0 Å². The van der Waals surface area contributed by atoms with E-state index < -0.39 is 11.8 Å². The molecule has 0 bridgehead atoms. The molecule has 0 spiro atoms. The van der Waals surface area contributed by atoms with Crippen LogP contribution in [-0.4, -0.2) is 16.1 Å². The lowest BCUT2D eigenvalue weighted by Gasteiger charge is -2.06. The average Bonchev–Trinajstić information content (AvgIpc) is 2.41. The summed E-state index contributed by atoms with van der Waals surface area (Å²) >= 11 is 0. The van der Waals surface area contributed by atoms with Crippen molar-refractivity contribution in [3.63, 3.8) is 0 Å². The summed E-state index contributed by atoms with van der Waals surface area (Å²) in [6, 6.07) is 9.43. The molecule has 0 radical (unpaired) electrons. The van der Waals surface area contributed by atoms with Gasteiger partial charge in [-0.3, -0.25) is 0 Å². The molecule has 0 saturated carbocycles. The van der Waals surface area contributed by atoms with Crippen LogP contribution in [0.15, 0.2) is 36.4 Å². The van der Waals surface area contributed by atoms with Crippen molar-refractivity contribution in [1.29, 1.82) is 0 Å². The molecule has 2 aromatic rings. The standard InChI is InChI=1S/C15H14FNO2/c1-2-4-10-7-8-12(16)11(9-10)13-5-3-6-14(17-13)15(18)19/h3,5-9H,2,4H2,1H3,(H,18,19). The third-order valence-electron chi connectivity index (χ3n) is 2.81. The first-order chi connectivity index (χ1) is 9.11. The highest BCUT2D eigenvalue weighted by atomic mass is 19.1. The number of aromatic carboxylic acids is 1. The van der Waals surface area contributed by atoms with Crippen LogP contribution < -0.4 is 0 Å². The molecule has 2 rings (SSSR count). The minimum Gasteiger partial charge on any atom is -0.477 e. The van der Waals surface area contributed by atoms with Crippen molar-refractivity contribution in [3.05, 3.63) is 53.5 Å². The molecule has 0 fully saturated rings. The van der Waals surface area contributed by atoms with Crippen LogP contribution in [0.25, 0.3) is 11.3 Å². The number of benzene rings is 1. The molecular weight excluding hydrogens is 245 g/mol. The van der Waals surface area contributed by atoms with Crippen molar-refractivity contribution in [2.24, 2.45) is 0 Å². The number of halogens is 1. The zero-order valence-electron chi connectivity index (χ0n) is 10.6. The van der Waals surface area contributed by atoms with Gasteiger partial charge >= 0.3 is 5.97 Å². The van der Waals surface area contributed by atoms with Crippen LogP contribution in [0.2, 0.25) is 0 Å². The number of hydrogen-bond acceptors (Lipinski definition) is 2. The molecule has 4 heteroatoms. The van der Waals surface area contributed by atoms with Crippen molar-refractivity contribution >= 4 is 5.97 Å². The minimum atomic E-state index is -1.12. The Balaban J connectivity index is 2.48. The fourth-order valence-corrected chi connectivity index (χ4v) is 1.92. The number of carboxylic acids is 1. The fourth-order valence-electron chi connectivity index (χ4n) is 1.92. The maximum Gasteiger partial charge on any atom is 0.354 e. The number of nitrogens with zero attached hydrogens (tertiary/aromatic N) is 1. The van der Waals surface area contributed by atoms with Crippen LogP contribution in [0.3, 0.4) is 0 Å². The highest BCUT2D eigenvalue weighted by Crippen LogP contribution is 2.23. The highest BCUT2D eigenvalue weighted by molar-refractivity contribution is 5.86. The number of hydrogen-bond donors (Lipinski definition) is 1. The maximum absolute atomic E-state index is 13.8. The van der Waals surface area contributed by atoms with Gasteiger partial charge in [0.1, 0.15) is 11.5 Å². The van der Waals surface area contributed by atoms with Crippen LogP contribution in [-0.2, 0) is 6.42 Å². The molecule has 1 heterocycles. The van der Waals surface area contributed by atoms with E-state index in [-0.39, 0.29) is 5.69 Å². The Kier molecular flexibility index (Phi) is 3.90. The van der Waals surface area contributed by atoms with Crippen molar-refractivity contribution in [3.8, 4) is 11.3 Å². The monoisotopic (exact) mass is 259 g/mol. The zero-order valence-corrected chi connectivity index (χ0v) is 10.6. The number of aryl methyl sites for hydroxylation is 1. The second kappa shape index (κ2) is 5.61. The van der Waals surface area contributed by atoms with Gasteiger partial charge in [0, 0.05) is 5.56 Å². The molecule has 19 heavy (non-hydrogen) atoms. The van der Waals surface area contributed by atoms with E-state index in [4.69, 9.17) is 5.11 Å². The zero-order chi connectivity index (χ0) is 13.8. The Morgan fingerprint density at radius 3 is 2.79 bits per heavy atom. The van der Waals surface area contributed by atoms with Gasteiger partial charge in [0.05, 0.1) is 5.69 Å². The van der Waals surface area contributed by atoms with Gasteiger partial charge in [0.2, 0.25) is 0 Å². The Morgan fingerprint density at radius 1 is 1.32 bits per heavy atom. The van der Waals surface area contributed by atoms with Crippen LogP contribution in [0.1, 0.15) is 29.4 Å². The van der Waals surface area contributed by atoms with E-state index in [1.54, 1.807) is 24.3 Å². The van der Waals surface area contributed by atoms with E-state index in [1.165, 1.54) is 12.1 Å². The summed E-state index contributed by atoms with van der Waals surface area (Å²) in [5.41, 5.74) is 1.61. The van der Waals surface area contributed by atoms with Gasteiger partial charge in [0.25, 0.3) is 0 Å². The van der Waals surface area contributed by atoms with Crippen molar-refractivity contribution < 1.29 is 14.3 Å². The Morgan fingerprint density at radius 2 is 2.11 bits per heavy atom. The van der Waals surface area contributed by atoms with Gasteiger partial charge in [-0.25, -0.2) is 14.2 Å². The van der Waals surface area contributed by atoms with E-state index in [2.05, 4.69) is 4.98 Å². The van der Waals surface area contributed by atoms with Gasteiger partial charge in [-0.2, -0.15) is 0 Å². The summed E-state index contributed by atoms with van der Waals surface area (Å²) in [7, 11) is 0. The molecule has 0 aliphatic rings. The van der Waals surface area contributed by atoms with Gasteiger partial charge in [-0.15, -0.1) is 0 Å². The van der Waals surface area contributed by atoms with E-state index in [0.717, 1.165) is 18.4 Å². The molecule has 98 valence electrons. The fraction of sp³-hybridized carbons (Fsp3) is 0.200. The second-order valence-corrected chi connectivity index (χ2v) is 4.28.